The van der Waals surface area contributed by atoms with Crippen molar-refractivity contribution in [2.24, 2.45) is 0 Å². The molecule has 3 rings (SSSR count). The number of hydrogen-bond donors (Lipinski definition) is 3. The summed E-state index contributed by atoms with van der Waals surface area (Å²) < 4.78 is 5.43. The molecule has 0 aromatic heterocycles. The molecule has 1 aliphatic heterocycles. The zero-order chi connectivity index (χ0) is 20.5. The number of amides is 2. The Hall–Kier alpha value is -2.70. The van der Waals surface area contributed by atoms with Gasteiger partial charge in [-0.15, -0.1) is 0 Å². The standard InChI is InChI=1S/C23H29N3O3/c1-18-6-2-5-9-21(18)23(28)24-11-10-22(27)25-16-19-7-3-4-8-20(19)17-26-12-14-29-15-13-26/h2-9H,10-17H2,1H3,(H,24,28)(H,25,27)/p+1. The van der Waals surface area contributed by atoms with Gasteiger partial charge in [0, 0.05) is 30.6 Å². The quantitative estimate of drug-likeness (QED) is 0.619. The van der Waals surface area contributed by atoms with Crippen molar-refractivity contribution in [3.63, 3.8) is 0 Å². The molecule has 0 radical (unpaired) electrons. The Morgan fingerprint density at radius 1 is 0.966 bits per heavy atom. The van der Waals surface area contributed by atoms with Crippen molar-refractivity contribution in [3.05, 3.63) is 70.8 Å². The summed E-state index contributed by atoms with van der Waals surface area (Å²) in [7, 11) is 0. The molecule has 2 amide bonds. The second-order valence-corrected chi connectivity index (χ2v) is 7.41. The Kier molecular flexibility index (Phi) is 7.78. The van der Waals surface area contributed by atoms with Gasteiger partial charge >= 0.3 is 0 Å². The Bertz CT molecular complexity index is 832. The van der Waals surface area contributed by atoms with E-state index in [-0.39, 0.29) is 18.2 Å². The van der Waals surface area contributed by atoms with Crippen LogP contribution < -0.4 is 15.5 Å². The van der Waals surface area contributed by atoms with E-state index in [0.717, 1.165) is 44.0 Å². The summed E-state index contributed by atoms with van der Waals surface area (Å²) in [5.74, 6) is -0.210. The lowest BCUT2D eigenvalue weighted by atomic mass is 10.1. The number of aryl methyl sites for hydroxylation is 1. The molecule has 0 saturated carbocycles. The molecular weight excluding hydrogens is 366 g/mol. The van der Waals surface area contributed by atoms with E-state index in [9.17, 15) is 9.59 Å². The topological polar surface area (TPSA) is 71.9 Å². The van der Waals surface area contributed by atoms with Gasteiger partial charge in [0.15, 0.2) is 0 Å². The van der Waals surface area contributed by atoms with Crippen LogP contribution in [0.2, 0.25) is 0 Å². The average molecular weight is 397 g/mol. The smallest absolute Gasteiger partial charge is 0.251 e. The Labute approximate surface area is 172 Å². The van der Waals surface area contributed by atoms with E-state index >= 15 is 0 Å². The Balaban J connectivity index is 1.43. The average Bonchev–Trinajstić information content (AvgIpc) is 2.74. The molecule has 154 valence electrons. The molecule has 0 bridgehead atoms. The predicted molar refractivity (Wildman–Crippen MR) is 112 cm³/mol. The van der Waals surface area contributed by atoms with Gasteiger partial charge in [0.2, 0.25) is 5.91 Å². The molecule has 29 heavy (non-hydrogen) atoms. The first-order valence-electron chi connectivity index (χ1n) is 10.2. The van der Waals surface area contributed by atoms with Crippen molar-refractivity contribution in [3.8, 4) is 0 Å². The van der Waals surface area contributed by atoms with Crippen LogP contribution in [0.15, 0.2) is 48.5 Å². The van der Waals surface area contributed by atoms with Crippen molar-refractivity contribution >= 4 is 11.8 Å². The highest BCUT2D eigenvalue weighted by atomic mass is 16.5. The fraction of sp³-hybridized carbons (Fsp3) is 0.391. The predicted octanol–water partition coefficient (Wildman–Crippen LogP) is 0.846. The number of nitrogens with one attached hydrogen (secondary N) is 3. The number of benzene rings is 2. The van der Waals surface area contributed by atoms with Crippen molar-refractivity contribution in [2.45, 2.75) is 26.4 Å². The van der Waals surface area contributed by atoms with Crippen LogP contribution in [0.5, 0.6) is 0 Å². The van der Waals surface area contributed by atoms with Crippen LogP contribution in [-0.4, -0.2) is 44.7 Å². The van der Waals surface area contributed by atoms with E-state index in [0.29, 0.717) is 18.7 Å². The lowest BCUT2D eigenvalue weighted by molar-refractivity contribution is -0.921. The summed E-state index contributed by atoms with van der Waals surface area (Å²) in [5, 5.41) is 5.80. The summed E-state index contributed by atoms with van der Waals surface area (Å²) in [4.78, 5) is 25.9. The molecule has 6 nitrogen and oxygen atoms in total. The maximum absolute atomic E-state index is 12.2. The van der Waals surface area contributed by atoms with Crippen molar-refractivity contribution in [1.82, 2.24) is 10.6 Å². The third kappa shape index (κ3) is 6.41. The Morgan fingerprint density at radius 3 is 2.41 bits per heavy atom. The van der Waals surface area contributed by atoms with Gasteiger partial charge < -0.3 is 20.3 Å². The molecule has 0 atom stereocenters. The highest BCUT2D eigenvalue weighted by molar-refractivity contribution is 5.95. The van der Waals surface area contributed by atoms with E-state index in [4.69, 9.17) is 4.74 Å². The molecule has 0 unspecified atom stereocenters. The lowest BCUT2D eigenvalue weighted by Crippen LogP contribution is -3.12. The van der Waals surface area contributed by atoms with Crippen LogP contribution in [0.1, 0.15) is 33.5 Å². The van der Waals surface area contributed by atoms with Gasteiger partial charge in [-0.1, -0.05) is 42.5 Å². The van der Waals surface area contributed by atoms with E-state index in [2.05, 4.69) is 22.8 Å². The molecule has 1 saturated heterocycles. The Morgan fingerprint density at radius 2 is 1.66 bits per heavy atom. The highest BCUT2D eigenvalue weighted by Gasteiger charge is 2.16. The minimum Gasteiger partial charge on any atom is -0.370 e. The summed E-state index contributed by atoms with van der Waals surface area (Å²) in [6.07, 6.45) is 0.258. The molecule has 3 N–H and O–H groups in total. The summed E-state index contributed by atoms with van der Waals surface area (Å²) in [6, 6.07) is 15.7. The minimum atomic E-state index is -0.144. The summed E-state index contributed by atoms with van der Waals surface area (Å²) in [5.41, 5.74) is 3.97. The van der Waals surface area contributed by atoms with Gasteiger partial charge in [0.25, 0.3) is 5.91 Å². The first kappa shape index (κ1) is 21.0. The zero-order valence-corrected chi connectivity index (χ0v) is 17.0. The van der Waals surface area contributed by atoms with Gasteiger partial charge in [-0.25, -0.2) is 0 Å². The molecule has 1 heterocycles. The number of carbonyl (C=O) groups excluding carboxylic acids is 2. The van der Waals surface area contributed by atoms with Crippen LogP contribution in [0, 0.1) is 6.92 Å². The first-order chi connectivity index (χ1) is 14.1. The molecule has 1 fully saturated rings. The van der Waals surface area contributed by atoms with Gasteiger partial charge in [-0.2, -0.15) is 0 Å². The van der Waals surface area contributed by atoms with Crippen LogP contribution in [-0.2, 0) is 22.6 Å². The second-order valence-electron chi connectivity index (χ2n) is 7.41. The van der Waals surface area contributed by atoms with Crippen LogP contribution in [0.3, 0.4) is 0 Å². The van der Waals surface area contributed by atoms with Crippen molar-refractivity contribution in [2.75, 3.05) is 32.8 Å². The first-order valence-corrected chi connectivity index (χ1v) is 10.2. The third-order valence-corrected chi connectivity index (χ3v) is 5.26. The second kappa shape index (κ2) is 10.7. The molecule has 2 aromatic carbocycles. The fourth-order valence-corrected chi connectivity index (χ4v) is 3.50. The van der Waals surface area contributed by atoms with Gasteiger partial charge in [0.1, 0.15) is 19.6 Å². The van der Waals surface area contributed by atoms with Gasteiger partial charge in [-0.05, 0) is 24.1 Å². The van der Waals surface area contributed by atoms with Crippen LogP contribution >= 0.6 is 0 Å². The monoisotopic (exact) mass is 396 g/mol. The maximum atomic E-state index is 12.2. The molecule has 1 aliphatic rings. The number of quaternary nitrogens is 1. The number of carbonyl (C=O) groups is 2. The molecule has 6 heteroatoms. The largest absolute Gasteiger partial charge is 0.370 e. The van der Waals surface area contributed by atoms with Gasteiger partial charge in [-0.3, -0.25) is 9.59 Å². The third-order valence-electron chi connectivity index (χ3n) is 5.26. The van der Waals surface area contributed by atoms with E-state index in [1.54, 1.807) is 6.07 Å². The summed E-state index contributed by atoms with van der Waals surface area (Å²) >= 11 is 0. The SMILES string of the molecule is Cc1ccccc1C(=O)NCCC(=O)NCc1ccccc1C[NH+]1CCOCC1. The van der Waals surface area contributed by atoms with E-state index in [1.165, 1.54) is 10.5 Å². The maximum Gasteiger partial charge on any atom is 0.251 e. The van der Waals surface area contributed by atoms with Crippen molar-refractivity contribution < 1.29 is 19.2 Å². The normalized spacial score (nSPS) is 14.4. The number of rotatable bonds is 8. The van der Waals surface area contributed by atoms with Crippen LogP contribution in [0.25, 0.3) is 0 Å². The molecule has 2 aromatic rings. The number of morpholine rings is 1. The van der Waals surface area contributed by atoms with E-state index < -0.39 is 0 Å². The zero-order valence-electron chi connectivity index (χ0n) is 17.0. The van der Waals surface area contributed by atoms with Gasteiger partial charge in [0.05, 0.1) is 13.2 Å². The lowest BCUT2D eigenvalue weighted by Gasteiger charge is -2.24. The summed E-state index contributed by atoms with van der Waals surface area (Å²) in [6.45, 7) is 7.32. The number of hydrogen-bond acceptors (Lipinski definition) is 3. The van der Waals surface area contributed by atoms with E-state index in [1.807, 2.05) is 37.3 Å². The highest BCUT2D eigenvalue weighted by Crippen LogP contribution is 2.08. The van der Waals surface area contributed by atoms with Crippen LogP contribution in [0.4, 0.5) is 0 Å². The fourth-order valence-electron chi connectivity index (χ4n) is 3.50. The molecule has 0 spiro atoms. The molecular formula is C23H30N3O3+. The molecule has 0 aliphatic carbocycles. The minimum absolute atomic E-state index is 0.0661. The van der Waals surface area contributed by atoms with Crippen molar-refractivity contribution in [1.29, 1.82) is 0 Å². The number of ether oxygens (including phenoxy) is 1.